The van der Waals surface area contributed by atoms with Crippen LogP contribution in [-0.4, -0.2) is 31.7 Å². The molecule has 2 aromatic carbocycles. The lowest BCUT2D eigenvalue weighted by molar-refractivity contribution is 0.102. The Morgan fingerprint density at radius 3 is 2.48 bits per heavy atom. The van der Waals surface area contributed by atoms with Crippen molar-refractivity contribution < 1.29 is 19.0 Å². The Hall–Kier alpha value is -3.06. The quantitative estimate of drug-likeness (QED) is 0.650. The second kappa shape index (κ2) is 8.55. The van der Waals surface area contributed by atoms with Crippen LogP contribution in [0.4, 0.5) is 5.13 Å². The summed E-state index contributed by atoms with van der Waals surface area (Å²) in [5.41, 5.74) is 2.09. The number of hydrogen-bond acceptors (Lipinski definition) is 6. The van der Waals surface area contributed by atoms with Crippen molar-refractivity contribution in [3.63, 3.8) is 0 Å². The summed E-state index contributed by atoms with van der Waals surface area (Å²) in [7, 11) is 3.20. The molecular formula is C20H20N2O4S. The van der Waals surface area contributed by atoms with Gasteiger partial charge in [0.2, 0.25) is 0 Å². The van der Waals surface area contributed by atoms with Crippen LogP contribution in [0.15, 0.2) is 47.8 Å². The summed E-state index contributed by atoms with van der Waals surface area (Å²) in [5, 5.41) is 5.21. The van der Waals surface area contributed by atoms with E-state index in [0.29, 0.717) is 28.8 Å². The van der Waals surface area contributed by atoms with Crippen LogP contribution in [0.25, 0.3) is 11.3 Å². The summed E-state index contributed by atoms with van der Waals surface area (Å²) in [6.07, 6.45) is 0. The second-order valence-corrected chi connectivity index (χ2v) is 6.37. The van der Waals surface area contributed by atoms with E-state index in [1.54, 1.807) is 44.6 Å². The van der Waals surface area contributed by atoms with E-state index < -0.39 is 0 Å². The molecule has 1 heterocycles. The number of hydrogen-bond donors (Lipinski definition) is 1. The molecule has 0 aliphatic heterocycles. The van der Waals surface area contributed by atoms with Gasteiger partial charge in [-0.25, -0.2) is 4.98 Å². The molecule has 0 spiro atoms. The zero-order chi connectivity index (χ0) is 19.2. The summed E-state index contributed by atoms with van der Waals surface area (Å²) in [6.45, 7) is 2.50. The van der Waals surface area contributed by atoms with Gasteiger partial charge >= 0.3 is 0 Å². The SMILES string of the molecule is CCOc1ccc(C(=O)Nc2nc(-c3ccc(OC)cc3OC)cs2)cc1. The van der Waals surface area contributed by atoms with Crippen LogP contribution < -0.4 is 19.5 Å². The number of thiazole rings is 1. The van der Waals surface area contributed by atoms with Gasteiger partial charge in [0, 0.05) is 22.6 Å². The van der Waals surface area contributed by atoms with Gasteiger partial charge in [0.1, 0.15) is 17.2 Å². The minimum absolute atomic E-state index is 0.222. The lowest BCUT2D eigenvalue weighted by Gasteiger charge is -2.08. The molecule has 0 saturated heterocycles. The first-order valence-electron chi connectivity index (χ1n) is 8.36. The first-order chi connectivity index (χ1) is 13.1. The fraction of sp³-hybridized carbons (Fsp3) is 0.200. The highest BCUT2D eigenvalue weighted by Gasteiger charge is 2.13. The number of rotatable bonds is 7. The average Bonchev–Trinajstić information content (AvgIpc) is 3.16. The summed E-state index contributed by atoms with van der Waals surface area (Å²) >= 11 is 1.35. The number of benzene rings is 2. The number of aromatic nitrogens is 1. The number of nitrogens with zero attached hydrogens (tertiary/aromatic N) is 1. The van der Waals surface area contributed by atoms with Crippen molar-refractivity contribution >= 4 is 22.4 Å². The number of carbonyl (C=O) groups is 1. The molecule has 1 amide bonds. The third-order valence-electron chi connectivity index (χ3n) is 3.84. The maximum atomic E-state index is 12.4. The van der Waals surface area contributed by atoms with Gasteiger partial charge in [-0.3, -0.25) is 10.1 Å². The maximum absolute atomic E-state index is 12.4. The van der Waals surface area contributed by atoms with E-state index in [2.05, 4.69) is 10.3 Å². The summed E-state index contributed by atoms with van der Waals surface area (Å²) in [5.74, 6) is 1.87. The van der Waals surface area contributed by atoms with Crippen molar-refractivity contribution in [2.75, 3.05) is 26.1 Å². The van der Waals surface area contributed by atoms with Gasteiger partial charge in [0.05, 0.1) is 26.5 Å². The van der Waals surface area contributed by atoms with E-state index >= 15 is 0 Å². The van der Waals surface area contributed by atoms with Crippen LogP contribution in [0.2, 0.25) is 0 Å². The molecule has 0 saturated carbocycles. The minimum atomic E-state index is -0.222. The highest BCUT2D eigenvalue weighted by molar-refractivity contribution is 7.14. The zero-order valence-electron chi connectivity index (χ0n) is 15.3. The number of nitrogens with one attached hydrogen (secondary N) is 1. The van der Waals surface area contributed by atoms with Crippen LogP contribution in [0, 0.1) is 0 Å². The second-order valence-electron chi connectivity index (χ2n) is 5.52. The van der Waals surface area contributed by atoms with E-state index in [-0.39, 0.29) is 5.91 Å². The lowest BCUT2D eigenvalue weighted by atomic mass is 10.1. The van der Waals surface area contributed by atoms with E-state index in [9.17, 15) is 4.79 Å². The molecule has 0 radical (unpaired) electrons. The summed E-state index contributed by atoms with van der Waals surface area (Å²) in [6, 6.07) is 12.5. The Labute approximate surface area is 161 Å². The van der Waals surface area contributed by atoms with E-state index in [1.165, 1.54) is 11.3 Å². The Bertz CT molecular complexity index is 922. The molecule has 3 aromatic rings. The van der Waals surface area contributed by atoms with Gasteiger partial charge in [0.25, 0.3) is 5.91 Å². The summed E-state index contributed by atoms with van der Waals surface area (Å²) in [4.78, 5) is 16.9. The molecule has 7 heteroatoms. The van der Waals surface area contributed by atoms with Crippen LogP contribution in [0.1, 0.15) is 17.3 Å². The lowest BCUT2D eigenvalue weighted by Crippen LogP contribution is -2.11. The summed E-state index contributed by atoms with van der Waals surface area (Å²) < 4.78 is 16.0. The van der Waals surface area contributed by atoms with E-state index in [4.69, 9.17) is 14.2 Å². The van der Waals surface area contributed by atoms with Crippen molar-refractivity contribution in [3.8, 4) is 28.5 Å². The molecule has 27 heavy (non-hydrogen) atoms. The molecule has 0 aliphatic carbocycles. The molecule has 3 rings (SSSR count). The Morgan fingerprint density at radius 1 is 1.07 bits per heavy atom. The zero-order valence-corrected chi connectivity index (χ0v) is 16.1. The Morgan fingerprint density at radius 2 is 1.81 bits per heavy atom. The number of anilines is 1. The topological polar surface area (TPSA) is 69.7 Å². The van der Waals surface area contributed by atoms with Crippen molar-refractivity contribution in [1.82, 2.24) is 4.98 Å². The standard InChI is InChI=1S/C20H20N2O4S/c1-4-26-14-7-5-13(6-8-14)19(23)22-20-21-17(12-27-20)16-10-9-15(24-2)11-18(16)25-3/h5-12H,4H2,1-3H3,(H,21,22,23). The molecule has 140 valence electrons. The largest absolute Gasteiger partial charge is 0.497 e. The fourth-order valence-corrected chi connectivity index (χ4v) is 3.21. The molecule has 6 nitrogen and oxygen atoms in total. The van der Waals surface area contributed by atoms with E-state index in [1.807, 2.05) is 24.4 Å². The Kier molecular flexibility index (Phi) is 5.93. The molecule has 1 aromatic heterocycles. The molecule has 0 bridgehead atoms. The highest BCUT2D eigenvalue weighted by atomic mass is 32.1. The number of methoxy groups -OCH3 is 2. The average molecular weight is 384 g/mol. The van der Waals surface area contributed by atoms with Crippen LogP contribution in [0.3, 0.4) is 0 Å². The van der Waals surface area contributed by atoms with E-state index in [0.717, 1.165) is 17.0 Å². The van der Waals surface area contributed by atoms with Gasteiger partial charge < -0.3 is 14.2 Å². The number of carbonyl (C=O) groups excluding carboxylic acids is 1. The third-order valence-corrected chi connectivity index (χ3v) is 4.59. The Balaban J connectivity index is 1.75. The van der Waals surface area contributed by atoms with Crippen LogP contribution >= 0.6 is 11.3 Å². The van der Waals surface area contributed by atoms with Gasteiger partial charge in [-0.05, 0) is 43.3 Å². The van der Waals surface area contributed by atoms with Gasteiger partial charge in [-0.1, -0.05) is 0 Å². The first kappa shape index (κ1) is 18.7. The molecule has 0 atom stereocenters. The normalized spacial score (nSPS) is 10.3. The monoisotopic (exact) mass is 384 g/mol. The molecule has 0 unspecified atom stereocenters. The van der Waals surface area contributed by atoms with Crippen molar-refractivity contribution in [3.05, 3.63) is 53.4 Å². The molecule has 0 aliphatic rings. The molecular weight excluding hydrogens is 364 g/mol. The van der Waals surface area contributed by atoms with Crippen LogP contribution in [-0.2, 0) is 0 Å². The predicted octanol–water partition coefficient (Wildman–Crippen LogP) is 4.48. The van der Waals surface area contributed by atoms with Crippen molar-refractivity contribution in [1.29, 1.82) is 0 Å². The van der Waals surface area contributed by atoms with Crippen LogP contribution in [0.5, 0.6) is 17.2 Å². The van der Waals surface area contributed by atoms with Crippen molar-refractivity contribution in [2.45, 2.75) is 6.92 Å². The third kappa shape index (κ3) is 4.38. The van der Waals surface area contributed by atoms with Gasteiger partial charge in [-0.15, -0.1) is 11.3 Å². The molecule has 0 fully saturated rings. The minimum Gasteiger partial charge on any atom is -0.497 e. The maximum Gasteiger partial charge on any atom is 0.257 e. The fourth-order valence-electron chi connectivity index (χ4n) is 2.50. The predicted molar refractivity (Wildman–Crippen MR) is 106 cm³/mol. The van der Waals surface area contributed by atoms with Gasteiger partial charge in [0.15, 0.2) is 5.13 Å². The molecule has 1 N–H and O–H groups in total. The number of ether oxygens (including phenoxy) is 3. The smallest absolute Gasteiger partial charge is 0.257 e. The van der Waals surface area contributed by atoms with Gasteiger partial charge in [-0.2, -0.15) is 0 Å². The van der Waals surface area contributed by atoms with Crippen molar-refractivity contribution in [2.24, 2.45) is 0 Å². The number of amides is 1. The first-order valence-corrected chi connectivity index (χ1v) is 9.24. The highest BCUT2D eigenvalue weighted by Crippen LogP contribution is 2.34.